The maximum atomic E-state index is 12.8. The lowest BCUT2D eigenvalue weighted by molar-refractivity contribution is -0.164. The summed E-state index contributed by atoms with van der Waals surface area (Å²) in [6.45, 7) is 2.11. The van der Waals surface area contributed by atoms with Gasteiger partial charge >= 0.3 is 17.9 Å². The molecule has 12 heteroatoms. The van der Waals surface area contributed by atoms with Gasteiger partial charge in [-0.25, -0.2) is 0 Å². The molecule has 0 radical (unpaired) electrons. The lowest BCUT2D eigenvalue weighted by Gasteiger charge is -2.40. The summed E-state index contributed by atoms with van der Waals surface area (Å²) in [5.74, 6) is -5.32. The van der Waals surface area contributed by atoms with Crippen LogP contribution >= 0.6 is 0 Å². The molecule has 0 aliphatic carbocycles. The van der Waals surface area contributed by atoms with Crippen LogP contribution in [0.1, 0.15) is 38.5 Å². The molecule has 0 spiro atoms. The fraction of sp³-hybridized carbons (Fsp3) is 0.875. The average Bonchev–Trinajstić information content (AvgIpc) is 2.83. The first-order valence-electron chi connectivity index (χ1n) is 12.1. The summed E-state index contributed by atoms with van der Waals surface area (Å²) in [5.41, 5.74) is -1.50. The van der Waals surface area contributed by atoms with Crippen LogP contribution in [0.2, 0.25) is 0 Å². The van der Waals surface area contributed by atoms with Gasteiger partial charge in [0, 0.05) is 47.6 Å². The van der Waals surface area contributed by atoms with Gasteiger partial charge in [-0.1, -0.05) is 0 Å². The van der Waals surface area contributed by atoms with Crippen molar-refractivity contribution in [3.8, 4) is 0 Å². The minimum atomic E-state index is -1.50. The zero-order valence-electron chi connectivity index (χ0n) is 21.8. The molecule has 0 bridgehead atoms. The first-order chi connectivity index (χ1) is 17.3. The minimum Gasteiger partial charge on any atom is -0.481 e. The first-order valence-corrected chi connectivity index (χ1v) is 12.1. The molecule has 0 amide bonds. The van der Waals surface area contributed by atoms with E-state index in [4.69, 9.17) is 33.5 Å². The van der Waals surface area contributed by atoms with Crippen molar-refractivity contribution < 1.29 is 58.1 Å². The van der Waals surface area contributed by atoms with Crippen LogP contribution < -0.4 is 0 Å². The molecule has 2 unspecified atom stereocenters. The van der Waals surface area contributed by atoms with Crippen LogP contribution in [0.3, 0.4) is 0 Å². The highest BCUT2D eigenvalue weighted by Gasteiger charge is 2.50. The van der Waals surface area contributed by atoms with Crippen molar-refractivity contribution in [2.75, 3.05) is 80.8 Å². The van der Waals surface area contributed by atoms with E-state index in [2.05, 4.69) is 0 Å². The van der Waals surface area contributed by atoms with Crippen molar-refractivity contribution in [3.63, 3.8) is 0 Å². The van der Waals surface area contributed by atoms with Crippen LogP contribution in [0.4, 0.5) is 0 Å². The lowest BCUT2D eigenvalue weighted by Crippen LogP contribution is -2.46. The van der Waals surface area contributed by atoms with E-state index >= 15 is 0 Å². The summed E-state index contributed by atoms with van der Waals surface area (Å²) in [5, 5.41) is 29.6. The Bertz CT molecular complexity index is 584. The van der Waals surface area contributed by atoms with Crippen molar-refractivity contribution >= 4 is 17.9 Å². The van der Waals surface area contributed by atoms with Crippen molar-refractivity contribution in [3.05, 3.63) is 0 Å². The zero-order chi connectivity index (χ0) is 27.2. The van der Waals surface area contributed by atoms with Crippen molar-refractivity contribution in [2.45, 2.75) is 38.5 Å². The highest BCUT2D eigenvalue weighted by Crippen LogP contribution is 2.44. The van der Waals surface area contributed by atoms with Crippen LogP contribution in [0.5, 0.6) is 0 Å². The Balaban J connectivity index is 5.99. The molecule has 3 N–H and O–H groups in total. The molecule has 0 heterocycles. The zero-order valence-corrected chi connectivity index (χ0v) is 21.8. The van der Waals surface area contributed by atoms with Gasteiger partial charge in [0.05, 0.1) is 51.0 Å². The number of rotatable bonds is 26. The molecule has 0 aliphatic heterocycles. The molecule has 0 fully saturated rings. The summed E-state index contributed by atoms with van der Waals surface area (Å²) in [6, 6.07) is 0. The van der Waals surface area contributed by atoms with Gasteiger partial charge in [0.1, 0.15) is 0 Å². The Morgan fingerprint density at radius 2 is 1.14 bits per heavy atom. The second kappa shape index (κ2) is 21.3. The van der Waals surface area contributed by atoms with Gasteiger partial charge in [0.15, 0.2) is 0 Å². The maximum Gasteiger partial charge on any atom is 0.310 e. The van der Waals surface area contributed by atoms with Crippen molar-refractivity contribution in [1.82, 2.24) is 0 Å². The summed E-state index contributed by atoms with van der Waals surface area (Å²) in [7, 11) is 4.57. The van der Waals surface area contributed by atoms with Gasteiger partial charge in [-0.15, -0.1) is 0 Å². The number of ether oxygens (including phenoxy) is 6. The lowest BCUT2D eigenvalue weighted by atomic mass is 9.63. The molecule has 0 aromatic rings. The molecule has 0 saturated heterocycles. The van der Waals surface area contributed by atoms with E-state index in [9.17, 15) is 24.6 Å². The number of hydrogen-bond donors (Lipinski definition) is 3. The van der Waals surface area contributed by atoms with Gasteiger partial charge < -0.3 is 43.7 Å². The van der Waals surface area contributed by atoms with E-state index in [1.54, 1.807) is 0 Å². The monoisotopic (exact) mass is 524 g/mol. The van der Waals surface area contributed by atoms with Crippen LogP contribution in [0.25, 0.3) is 0 Å². The summed E-state index contributed by atoms with van der Waals surface area (Å²) in [4.78, 5) is 36.2. The molecule has 0 saturated carbocycles. The average molecular weight is 525 g/mol. The Labute approximate surface area is 213 Å². The highest BCUT2D eigenvalue weighted by molar-refractivity contribution is 5.78. The maximum absolute atomic E-state index is 12.8. The number of hydrogen-bond acceptors (Lipinski definition) is 9. The molecule has 0 aliphatic rings. The van der Waals surface area contributed by atoms with Gasteiger partial charge in [0.2, 0.25) is 0 Å². The number of methoxy groups -OCH3 is 3. The van der Waals surface area contributed by atoms with Gasteiger partial charge in [-0.3, -0.25) is 14.4 Å². The largest absolute Gasteiger partial charge is 0.481 e. The minimum absolute atomic E-state index is 0.0223. The van der Waals surface area contributed by atoms with Crippen molar-refractivity contribution in [1.29, 1.82) is 0 Å². The Morgan fingerprint density at radius 1 is 0.667 bits per heavy atom. The van der Waals surface area contributed by atoms with Gasteiger partial charge in [0.25, 0.3) is 0 Å². The summed E-state index contributed by atoms with van der Waals surface area (Å²) in [6.07, 6.45) is 0.166. The second-order valence-corrected chi connectivity index (χ2v) is 8.40. The topological polar surface area (TPSA) is 167 Å². The highest BCUT2D eigenvalue weighted by atomic mass is 16.5. The van der Waals surface area contributed by atoms with E-state index in [-0.39, 0.29) is 78.2 Å². The first kappa shape index (κ1) is 34.2. The third-order valence-electron chi connectivity index (χ3n) is 6.10. The SMILES string of the molecule is COCCOCCC(C(CCCC(=O)O)C(=O)O)C(CCOCCOC)(CCOCCOC)C(=O)O. The fourth-order valence-electron chi connectivity index (χ4n) is 4.15. The van der Waals surface area contributed by atoms with E-state index in [0.29, 0.717) is 19.8 Å². The molecular weight excluding hydrogens is 480 g/mol. The number of carboxylic acid groups (broad SMARTS) is 3. The Morgan fingerprint density at radius 3 is 1.53 bits per heavy atom. The van der Waals surface area contributed by atoms with Gasteiger partial charge in [-0.05, 0) is 38.0 Å². The Kier molecular flexibility index (Phi) is 20.2. The summed E-state index contributed by atoms with van der Waals surface area (Å²) < 4.78 is 31.6. The van der Waals surface area contributed by atoms with Crippen LogP contribution in [0.15, 0.2) is 0 Å². The predicted molar refractivity (Wildman–Crippen MR) is 128 cm³/mol. The molecule has 0 rings (SSSR count). The van der Waals surface area contributed by atoms with E-state index in [1.165, 1.54) is 21.3 Å². The van der Waals surface area contributed by atoms with Crippen LogP contribution in [-0.4, -0.2) is 114 Å². The third kappa shape index (κ3) is 14.0. The standard InChI is InChI=1S/C24H44O12/c1-31-13-16-34-10-7-20(19(22(27)28)5-4-6-21(25)26)24(23(29)30,8-11-35-17-14-32-2)9-12-36-18-15-33-3/h19-20H,4-18H2,1-3H3,(H,25,26)(H,27,28)(H,29,30). The number of aliphatic carboxylic acids is 3. The molecule has 0 aromatic carbocycles. The van der Waals surface area contributed by atoms with Gasteiger partial charge in [-0.2, -0.15) is 0 Å². The quantitative estimate of drug-likeness (QED) is 0.141. The van der Waals surface area contributed by atoms with Crippen LogP contribution in [0, 0.1) is 17.3 Å². The summed E-state index contributed by atoms with van der Waals surface area (Å²) >= 11 is 0. The molecular formula is C24H44O12. The van der Waals surface area contributed by atoms with Crippen LogP contribution in [-0.2, 0) is 42.8 Å². The molecule has 2 atom stereocenters. The molecule has 36 heavy (non-hydrogen) atoms. The smallest absolute Gasteiger partial charge is 0.310 e. The molecule has 0 aromatic heterocycles. The van der Waals surface area contributed by atoms with E-state index in [1.807, 2.05) is 0 Å². The normalized spacial score (nSPS) is 13.4. The van der Waals surface area contributed by atoms with Crippen molar-refractivity contribution in [2.24, 2.45) is 17.3 Å². The van der Waals surface area contributed by atoms with E-state index in [0.717, 1.165) is 0 Å². The third-order valence-corrected chi connectivity index (χ3v) is 6.10. The fourth-order valence-corrected chi connectivity index (χ4v) is 4.15. The second-order valence-electron chi connectivity index (χ2n) is 8.40. The molecule has 12 nitrogen and oxygen atoms in total. The number of carboxylic acids is 3. The predicted octanol–water partition coefficient (Wildman–Crippen LogP) is 1.79. The van der Waals surface area contributed by atoms with E-state index < -0.39 is 35.2 Å². The molecule has 212 valence electrons. The number of carbonyl (C=O) groups is 3. The Hall–Kier alpha value is -1.83.